The first-order chi connectivity index (χ1) is 9.31. The smallest absolute Gasteiger partial charge is 0.297 e. The van der Waals surface area contributed by atoms with E-state index in [1.807, 2.05) is 27.7 Å². The quantitative estimate of drug-likeness (QED) is 0.847. The normalized spacial score (nSPS) is 15.0. The molecule has 0 aliphatic rings. The number of nitrogens with two attached hydrogens (primary N) is 1. The van der Waals surface area contributed by atoms with Crippen LogP contribution >= 0.6 is 0 Å². The molecule has 0 fully saturated rings. The van der Waals surface area contributed by atoms with Crippen molar-refractivity contribution >= 4 is 10.1 Å². The summed E-state index contributed by atoms with van der Waals surface area (Å²) < 4.78 is 30.3. The van der Waals surface area contributed by atoms with Crippen LogP contribution in [0.5, 0.6) is 0 Å². The summed E-state index contributed by atoms with van der Waals surface area (Å²) in [5, 5.41) is 0. The number of hydrogen-bond donors (Lipinski definition) is 1. The summed E-state index contributed by atoms with van der Waals surface area (Å²) in [4.78, 5) is 0.163. The zero-order valence-corrected chi connectivity index (χ0v) is 14.6. The third-order valence-electron chi connectivity index (χ3n) is 3.18. The van der Waals surface area contributed by atoms with E-state index >= 15 is 0 Å². The summed E-state index contributed by atoms with van der Waals surface area (Å²) in [7, 11) is -3.81. The molecule has 1 aromatic carbocycles. The molecule has 0 aromatic heterocycles. The lowest BCUT2D eigenvalue weighted by Gasteiger charge is -2.34. The van der Waals surface area contributed by atoms with Crippen LogP contribution in [-0.2, 0) is 14.3 Å². The van der Waals surface area contributed by atoms with Gasteiger partial charge in [-0.2, -0.15) is 8.42 Å². The third-order valence-corrected chi connectivity index (χ3v) is 4.52. The molecule has 1 aromatic rings. The lowest BCUT2D eigenvalue weighted by molar-refractivity contribution is 0.0911. The standard InChI is InChI=1S/C16H27NO3S/c1-12-7-9-13(10-8-12)21(18,19)20-14(16(5,6)17)11-15(2,3)4/h7-10,14H,11,17H2,1-6H3. The Balaban J connectivity index is 3.04. The van der Waals surface area contributed by atoms with Gasteiger partial charge in [-0.15, -0.1) is 0 Å². The highest BCUT2D eigenvalue weighted by Crippen LogP contribution is 2.29. The van der Waals surface area contributed by atoms with Crippen molar-refractivity contribution in [1.29, 1.82) is 0 Å². The van der Waals surface area contributed by atoms with Crippen LogP contribution in [0.2, 0.25) is 0 Å². The van der Waals surface area contributed by atoms with Gasteiger partial charge in [-0.25, -0.2) is 0 Å². The summed E-state index contributed by atoms with van der Waals surface area (Å²) in [6.07, 6.45) is -0.0227. The Morgan fingerprint density at radius 1 is 1.10 bits per heavy atom. The van der Waals surface area contributed by atoms with Gasteiger partial charge in [0.25, 0.3) is 10.1 Å². The summed E-state index contributed by atoms with van der Waals surface area (Å²) in [5.41, 5.74) is 6.28. The van der Waals surface area contributed by atoms with Gasteiger partial charge in [-0.1, -0.05) is 38.5 Å². The summed E-state index contributed by atoms with van der Waals surface area (Å²) in [6.45, 7) is 11.6. The van der Waals surface area contributed by atoms with Crippen molar-refractivity contribution in [2.45, 2.75) is 64.5 Å². The maximum Gasteiger partial charge on any atom is 0.297 e. The fourth-order valence-corrected chi connectivity index (χ4v) is 3.09. The predicted molar refractivity (Wildman–Crippen MR) is 85.6 cm³/mol. The van der Waals surface area contributed by atoms with Crippen LogP contribution in [0.3, 0.4) is 0 Å². The van der Waals surface area contributed by atoms with Gasteiger partial charge >= 0.3 is 0 Å². The van der Waals surface area contributed by atoms with E-state index in [-0.39, 0.29) is 10.3 Å². The molecule has 1 atom stereocenters. The van der Waals surface area contributed by atoms with E-state index < -0.39 is 21.8 Å². The zero-order valence-electron chi connectivity index (χ0n) is 13.8. The van der Waals surface area contributed by atoms with Gasteiger partial charge in [0.2, 0.25) is 0 Å². The van der Waals surface area contributed by atoms with Crippen LogP contribution in [-0.4, -0.2) is 20.1 Å². The van der Waals surface area contributed by atoms with E-state index in [0.717, 1.165) is 5.56 Å². The fraction of sp³-hybridized carbons (Fsp3) is 0.625. The first-order valence-corrected chi connectivity index (χ1v) is 8.51. The van der Waals surface area contributed by atoms with Crippen molar-refractivity contribution in [3.63, 3.8) is 0 Å². The van der Waals surface area contributed by atoms with Crippen LogP contribution in [0.1, 0.15) is 46.6 Å². The topological polar surface area (TPSA) is 69.4 Å². The van der Waals surface area contributed by atoms with Gasteiger partial charge in [-0.05, 0) is 44.7 Å². The third kappa shape index (κ3) is 5.77. The number of benzene rings is 1. The van der Waals surface area contributed by atoms with E-state index in [9.17, 15) is 8.42 Å². The van der Waals surface area contributed by atoms with Crippen LogP contribution in [0.15, 0.2) is 29.2 Å². The van der Waals surface area contributed by atoms with E-state index in [2.05, 4.69) is 0 Å². The SMILES string of the molecule is Cc1ccc(S(=O)(=O)OC(CC(C)(C)C)C(C)(C)N)cc1. The molecule has 0 amide bonds. The van der Waals surface area contributed by atoms with Crippen molar-refractivity contribution in [2.75, 3.05) is 0 Å². The molecule has 1 rings (SSSR count). The maximum absolute atomic E-state index is 12.4. The largest absolute Gasteiger partial charge is 0.323 e. The van der Waals surface area contributed by atoms with Gasteiger partial charge in [0.1, 0.15) is 0 Å². The molecule has 0 saturated heterocycles. The lowest BCUT2D eigenvalue weighted by atomic mass is 9.83. The summed E-state index contributed by atoms with van der Waals surface area (Å²) >= 11 is 0. The molecule has 0 heterocycles. The first kappa shape index (κ1) is 18.1. The van der Waals surface area contributed by atoms with E-state index in [1.165, 1.54) is 0 Å². The molecular weight excluding hydrogens is 286 g/mol. The van der Waals surface area contributed by atoms with Crippen LogP contribution < -0.4 is 5.73 Å². The number of hydrogen-bond acceptors (Lipinski definition) is 4. The highest BCUT2D eigenvalue weighted by atomic mass is 32.2. The summed E-state index contributed by atoms with van der Waals surface area (Å²) in [6, 6.07) is 6.62. The fourth-order valence-electron chi connectivity index (χ4n) is 1.89. The van der Waals surface area contributed by atoms with E-state index in [0.29, 0.717) is 6.42 Å². The van der Waals surface area contributed by atoms with Gasteiger partial charge in [-0.3, -0.25) is 4.18 Å². The molecule has 5 heteroatoms. The second kappa shape index (κ2) is 6.07. The second-order valence-electron chi connectivity index (χ2n) is 7.44. The Kier molecular flexibility index (Phi) is 5.24. The number of rotatable bonds is 5. The molecule has 0 aliphatic heterocycles. The maximum atomic E-state index is 12.4. The van der Waals surface area contributed by atoms with E-state index in [1.54, 1.807) is 38.1 Å². The van der Waals surface area contributed by atoms with Gasteiger partial charge in [0.15, 0.2) is 0 Å². The molecule has 0 spiro atoms. The van der Waals surface area contributed by atoms with Gasteiger partial charge in [0, 0.05) is 5.54 Å². The Hall–Kier alpha value is -0.910. The summed E-state index contributed by atoms with van der Waals surface area (Å²) in [5.74, 6) is 0. The average Bonchev–Trinajstić information content (AvgIpc) is 2.25. The van der Waals surface area contributed by atoms with Gasteiger partial charge in [0.05, 0.1) is 11.0 Å². The minimum Gasteiger partial charge on any atom is -0.323 e. The molecule has 2 N–H and O–H groups in total. The lowest BCUT2D eigenvalue weighted by Crippen LogP contribution is -2.49. The molecule has 21 heavy (non-hydrogen) atoms. The Morgan fingerprint density at radius 3 is 1.95 bits per heavy atom. The molecule has 4 nitrogen and oxygen atoms in total. The van der Waals surface area contributed by atoms with Crippen molar-refractivity contribution in [2.24, 2.45) is 11.1 Å². The molecule has 0 saturated carbocycles. The monoisotopic (exact) mass is 313 g/mol. The van der Waals surface area contributed by atoms with Crippen molar-refractivity contribution in [3.05, 3.63) is 29.8 Å². The Morgan fingerprint density at radius 2 is 1.57 bits per heavy atom. The minimum absolute atomic E-state index is 0.0793. The Labute approximate surface area is 128 Å². The van der Waals surface area contributed by atoms with Gasteiger partial charge < -0.3 is 5.73 Å². The van der Waals surface area contributed by atoms with Crippen LogP contribution in [0.4, 0.5) is 0 Å². The predicted octanol–water partition coefficient (Wildman–Crippen LogP) is 3.24. The highest BCUT2D eigenvalue weighted by Gasteiger charge is 2.34. The van der Waals surface area contributed by atoms with Crippen molar-refractivity contribution < 1.29 is 12.6 Å². The molecule has 1 unspecified atom stereocenters. The first-order valence-electron chi connectivity index (χ1n) is 7.10. The van der Waals surface area contributed by atoms with E-state index in [4.69, 9.17) is 9.92 Å². The van der Waals surface area contributed by atoms with Crippen LogP contribution in [0, 0.1) is 12.3 Å². The molecule has 120 valence electrons. The second-order valence-corrected chi connectivity index (χ2v) is 9.01. The van der Waals surface area contributed by atoms with Crippen LogP contribution in [0.25, 0.3) is 0 Å². The molecule has 0 radical (unpaired) electrons. The average molecular weight is 313 g/mol. The number of aryl methyl sites for hydroxylation is 1. The molecular formula is C16H27NO3S. The minimum atomic E-state index is -3.81. The van der Waals surface area contributed by atoms with Crippen molar-refractivity contribution in [3.8, 4) is 0 Å². The highest BCUT2D eigenvalue weighted by molar-refractivity contribution is 7.86. The molecule has 0 aliphatic carbocycles. The molecule has 0 bridgehead atoms. The zero-order chi connectivity index (χ0) is 16.5. The Bertz CT molecular complexity index is 563. The van der Waals surface area contributed by atoms with Crippen molar-refractivity contribution in [1.82, 2.24) is 0 Å².